The lowest BCUT2D eigenvalue weighted by Gasteiger charge is -2.12. The number of anilines is 2. The molecule has 2 aromatic carbocycles. The van der Waals surface area contributed by atoms with Crippen LogP contribution in [0.1, 0.15) is 22.9 Å². The lowest BCUT2D eigenvalue weighted by molar-refractivity contribution is -0.384. The lowest BCUT2D eigenvalue weighted by atomic mass is 10.1. The van der Waals surface area contributed by atoms with Gasteiger partial charge in [-0.25, -0.2) is 8.42 Å². The Kier molecular flexibility index (Phi) is 6.18. The topological polar surface area (TPSA) is 114 Å². The van der Waals surface area contributed by atoms with E-state index in [4.69, 9.17) is 0 Å². The van der Waals surface area contributed by atoms with Crippen LogP contribution in [0.5, 0.6) is 0 Å². The average Bonchev–Trinajstić information content (AvgIpc) is 3.23. The molecule has 1 aromatic heterocycles. The fourth-order valence-corrected chi connectivity index (χ4v) is 4.57. The van der Waals surface area contributed by atoms with Gasteiger partial charge in [0.15, 0.2) is 0 Å². The standard InChI is InChI=1S/C20H20N4O4S2/c1-13-6-8-17(14(2)11-13)23-30(27,28)16-7-9-18(19(12-16)24(25)26)22-21-15(3)20-5-4-10-29-20/h4-12,22-23H,1-3H3/b21-15+. The summed E-state index contributed by atoms with van der Waals surface area (Å²) in [7, 11) is -4.00. The Balaban J connectivity index is 1.90. The van der Waals surface area contributed by atoms with E-state index in [0.29, 0.717) is 11.4 Å². The van der Waals surface area contributed by atoms with Crippen molar-refractivity contribution < 1.29 is 13.3 Å². The highest BCUT2D eigenvalue weighted by atomic mass is 32.2. The summed E-state index contributed by atoms with van der Waals surface area (Å²) in [4.78, 5) is 11.6. The molecule has 0 amide bonds. The Bertz CT molecular complexity index is 1220. The Labute approximate surface area is 178 Å². The molecular weight excluding hydrogens is 424 g/mol. The number of hydrogen-bond acceptors (Lipinski definition) is 7. The number of aryl methyl sites for hydroxylation is 2. The molecule has 30 heavy (non-hydrogen) atoms. The summed E-state index contributed by atoms with van der Waals surface area (Å²) < 4.78 is 28.0. The molecule has 0 aliphatic heterocycles. The zero-order valence-electron chi connectivity index (χ0n) is 16.5. The van der Waals surface area contributed by atoms with Crippen LogP contribution in [0.2, 0.25) is 0 Å². The van der Waals surface area contributed by atoms with Crippen LogP contribution in [0.15, 0.2) is 63.9 Å². The van der Waals surface area contributed by atoms with E-state index in [1.807, 2.05) is 30.5 Å². The van der Waals surface area contributed by atoms with Crippen molar-refractivity contribution >= 4 is 44.1 Å². The molecule has 0 aliphatic rings. The van der Waals surface area contributed by atoms with E-state index in [1.165, 1.54) is 23.5 Å². The van der Waals surface area contributed by atoms with Crippen LogP contribution < -0.4 is 10.1 Å². The van der Waals surface area contributed by atoms with Crippen LogP contribution in [-0.4, -0.2) is 19.1 Å². The van der Waals surface area contributed by atoms with Gasteiger partial charge >= 0.3 is 0 Å². The molecule has 1 heterocycles. The number of hydrazone groups is 1. The summed E-state index contributed by atoms with van der Waals surface area (Å²) in [6.07, 6.45) is 0. The first-order valence-corrected chi connectivity index (χ1v) is 11.3. The van der Waals surface area contributed by atoms with Gasteiger partial charge in [0.05, 0.1) is 21.2 Å². The van der Waals surface area contributed by atoms with E-state index in [9.17, 15) is 18.5 Å². The molecular formula is C20H20N4O4S2. The third kappa shape index (κ3) is 4.84. The van der Waals surface area contributed by atoms with E-state index in [2.05, 4.69) is 15.2 Å². The van der Waals surface area contributed by atoms with Gasteiger partial charge in [0.2, 0.25) is 0 Å². The summed E-state index contributed by atoms with van der Waals surface area (Å²) in [5.41, 5.74) is 5.21. The predicted octanol–water partition coefficient (Wildman–Crippen LogP) is 4.91. The summed E-state index contributed by atoms with van der Waals surface area (Å²) in [5.74, 6) is 0. The first-order valence-electron chi connectivity index (χ1n) is 8.90. The Morgan fingerprint density at radius 2 is 1.83 bits per heavy atom. The quantitative estimate of drug-likeness (QED) is 0.305. The lowest BCUT2D eigenvalue weighted by Crippen LogP contribution is -2.14. The maximum absolute atomic E-state index is 12.8. The number of nitrogens with one attached hydrogen (secondary N) is 2. The summed E-state index contributed by atoms with van der Waals surface area (Å²) in [6, 6.07) is 12.7. The second-order valence-electron chi connectivity index (χ2n) is 6.65. The third-order valence-electron chi connectivity index (χ3n) is 4.32. The van der Waals surface area contributed by atoms with Crippen LogP contribution >= 0.6 is 11.3 Å². The van der Waals surface area contributed by atoms with Gasteiger partial charge in [0, 0.05) is 10.9 Å². The van der Waals surface area contributed by atoms with Crippen LogP contribution in [0.4, 0.5) is 17.1 Å². The van der Waals surface area contributed by atoms with Crippen molar-refractivity contribution in [3.8, 4) is 0 Å². The molecule has 0 spiro atoms. The minimum atomic E-state index is -4.00. The minimum absolute atomic E-state index is 0.0985. The van der Waals surface area contributed by atoms with E-state index >= 15 is 0 Å². The summed E-state index contributed by atoms with van der Waals surface area (Å²) in [5, 5.41) is 17.6. The number of rotatable bonds is 7. The van der Waals surface area contributed by atoms with Gasteiger partial charge in [-0.05, 0) is 56.0 Å². The SMILES string of the molecule is C/C(=N\Nc1ccc(S(=O)(=O)Nc2ccc(C)cc2C)cc1[N+](=O)[O-])c1cccs1. The molecule has 8 nitrogen and oxygen atoms in total. The molecule has 0 radical (unpaired) electrons. The molecule has 3 rings (SSSR count). The van der Waals surface area contributed by atoms with Crippen LogP contribution in [0.3, 0.4) is 0 Å². The van der Waals surface area contributed by atoms with Crippen LogP contribution in [0.25, 0.3) is 0 Å². The fraction of sp³-hybridized carbons (Fsp3) is 0.150. The van der Waals surface area contributed by atoms with Crippen molar-refractivity contribution in [3.63, 3.8) is 0 Å². The second kappa shape index (κ2) is 8.64. The van der Waals surface area contributed by atoms with Crippen LogP contribution in [0, 0.1) is 24.0 Å². The molecule has 10 heteroatoms. The van der Waals surface area contributed by atoms with E-state index in [-0.39, 0.29) is 16.3 Å². The highest BCUT2D eigenvalue weighted by Gasteiger charge is 2.22. The minimum Gasteiger partial charge on any atom is -0.279 e. The normalized spacial score (nSPS) is 11.9. The monoisotopic (exact) mass is 444 g/mol. The van der Waals surface area contributed by atoms with Crippen molar-refractivity contribution in [2.45, 2.75) is 25.7 Å². The number of nitro groups is 1. The van der Waals surface area contributed by atoms with E-state index in [0.717, 1.165) is 22.1 Å². The summed E-state index contributed by atoms with van der Waals surface area (Å²) in [6.45, 7) is 5.47. The Morgan fingerprint density at radius 3 is 2.47 bits per heavy atom. The van der Waals surface area contributed by atoms with E-state index < -0.39 is 14.9 Å². The van der Waals surface area contributed by atoms with Crippen molar-refractivity contribution in [2.24, 2.45) is 5.10 Å². The number of thiophene rings is 1. The molecule has 0 aliphatic carbocycles. The first-order chi connectivity index (χ1) is 14.2. The average molecular weight is 445 g/mol. The highest BCUT2D eigenvalue weighted by molar-refractivity contribution is 7.92. The van der Waals surface area contributed by atoms with Crippen molar-refractivity contribution in [2.75, 3.05) is 10.1 Å². The molecule has 0 saturated carbocycles. The third-order valence-corrected chi connectivity index (χ3v) is 6.67. The van der Waals surface area contributed by atoms with Gasteiger partial charge in [-0.15, -0.1) is 11.3 Å². The molecule has 0 saturated heterocycles. The van der Waals surface area contributed by atoms with Crippen LogP contribution in [-0.2, 0) is 10.0 Å². The number of nitro benzene ring substituents is 1. The zero-order chi connectivity index (χ0) is 21.9. The first kappa shape index (κ1) is 21.5. The van der Waals surface area contributed by atoms with Gasteiger partial charge in [-0.3, -0.25) is 20.3 Å². The van der Waals surface area contributed by atoms with Crippen molar-refractivity contribution in [3.05, 3.63) is 80.0 Å². The van der Waals surface area contributed by atoms with E-state index in [1.54, 1.807) is 26.0 Å². The highest BCUT2D eigenvalue weighted by Crippen LogP contribution is 2.29. The number of hydrogen-bond donors (Lipinski definition) is 2. The molecule has 0 atom stereocenters. The Hall–Kier alpha value is -3.24. The summed E-state index contributed by atoms with van der Waals surface area (Å²) >= 11 is 1.49. The number of sulfonamides is 1. The molecule has 0 unspecified atom stereocenters. The van der Waals surface area contributed by atoms with Gasteiger partial charge in [-0.2, -0.15) is 5.10 Å². The maximum Gasteiger partial charge on any atom is 0.295 e. The second-order valence-corrected chi connectivity index (χ2v) is 9.28. The smallest absolute Gasteiger partial charge is 0.279 e. The Morgan fingerprint density at radius 1 is 1.10 bits per heavy atom. The number of nitrogens with zero attached hydrogens (tertiary/aromatic N) is 2. The molecule has 156 valence electrons. The predicted molar refractivity (Wildman–Crippen MR) is 120 cm³/mol. The zero-order valence-corrected chi connectivity index (χ0v) is 18.2. The van der Waals surface area contributed by atoms with Gasteiger partial charge in [0.25, 0.3) is 15.7 Å². The molecule has 2 N–H and O–H groups in total. The van der Waals surface area contributed by atoms with Crippen molar-refractivity contribution in [1.29, 1.82) is 0 Å². The molecule has 3 aromatic rings. The van der Waals surface area contributed by atoms with Gasteiger partial charge in [0.1, 0.15) is 5.69 Å². The van der Waals surface area contributed by atoms with Gasteiger partial charge in [-0.1, -0.05) is 23.8 Å². The number of benzene rings is 2. The largest absolute Gasteiger partial charge is 0.295 e. The fourth-order valence-electron chi connectivity index (χ4n) is 2.74. The molecule has 0 fully saturated rings. The maximum atomic E-state index is 12.8. The molecule has 0 bridgehead atoms. The van der Waals surface area contributed by atoms with Gasteiger partial charge < -0.3 is 0 Å². The van der Waals surface area contributed by atoms with Crippen molar-refractivity contribution in [1.82, 2.24) is 0 Å².